The van der Waals surface area contributed by atoms with Gasteiger partial charge in [-0.25, -0.2) is 9.37 Å². The van der Waals surface area contributed by atoms with Gasteiger partial charge in [-0.3, -0.25) is 9.59 Å². The lowest BCUT2D eigenvalue weighted by Crippen LogP contribution is -2.16. The van der Waals surface area contributed by atoms with Gasteiger partial charge < -0.3 is 10.1 Å². The fourth-order valence-corrected chi connectivity index (χ4v) is 3.01. The third-order valence-electron chi connectivity index (χ3n) is 2.65. The minimum Gasteiger partial charge on any atom is -0.465 e. The smallest absolute Gasteiger partial charge is 0.315 e. The van der Waals surface area contributed by atoms with Gasteiger partial charge in [0, 0.05) is 10.9 Å². The summed E-state index contributed by atoms with van der Waals surface area (Å²) in [7, 11) is 0. The Morgan fingerprint density at radius 2 is 2.04 bits per heavy atom. The van der Waals surface area contributed by atoms with Gasteiger partial charge in [-0.1, -0.05) is 0 Å². The highest BCUT2D eigenvalue weighted by Gasteiger charge is 2.10. The van der Waals surface area contributed by atoms with E-state index in [0.29, 0.717) is 17.4 Å². The van der Waals surface area contributed by atoms with Crippen LogP contribution in [0.2, 0.25) is 0 Å². The molecule has 1 heterocycles. The first-order valence-corrected chi connectivity index (χ1v) is 8.86. The van der Waals surface area contributed by atoms with Crippen molar-refractivity contribution >= 4 is 40.1 Å². The summed E-state index contributed by atoms with van der Waals surface area (Å²) in [6.07, 6.45) is 0. The molecule has 0 saturated heterocycles. The molecular weight excluding hydrogens is 339 g/mol. The van der Waals surface area contributed by atoms with Gasteiger partial charge in [0.2, 0.25) is 5.91 Å². The van der Waals surface area contributed by atoms with E-state index in [0.717, 1.165) is 5.56 Å². The molecule has 122 valence electrons. The third kappa shape index (κ3) is 5.65. The van der Waals surface area contributed by atoms with Crippen LogP contribution in [0.15, 0.2) is 29.6 Å². The molecule has 0 aliphatic rings. The van der Waals surface area contributed by atoms with E-state index < -0.39 is 0 Å². The highest BCUT2D eigenvalue weighted by atomic mass is 32.2. The van der Waals surface area contributed by atoms with Crippen molar-refractivity contribution in [1.29, 1.82) is 0 Å². The van der Waals surface area contributed by atoms with Crippen LogP contribution in [0.3, 0.4) is 0 Å². The molecule has 8 heteroatoms. The van der Waals surface area contributed by atoms with E-state index in [1.54, 1.807) is 24.4 Å². The van der Waals surface area contributed by atoms with E-state index >= 15 is 0 Å². The number of nitrogens with one attached hydrogen (secondary N) is 1. The molecule has 2 rings (SSSR count). The molecule has 23 heavy (non-hydrogen) atoms. The number of ether oxygens (including phenoxy) is 1. The predicted molar refractivity (Wildman–Crippen MR) is 90.1 cm³/mol. The number of carbonyl (C=O) groups excluding carboxylic acids is 2. The highest BCUT2D eigenvalue weighted by Crippen LogP contribution is 2.25. The average molecular weight is 354 g/mol. The maximum Gasteiger partial charge on any atom is 0.315 e. The molecule has 0 aliphatic heterocycles. The number of thiazole rings is 1. The van der Waals surface area contributed by atoms with E-state index in [9.17, 15) is 14.0 Å². The zero-order valence-corrected chi connectivity index (χ0v) is 14.0. The Morgan fingerprint density at radius 1 is 1.30 bits per heavy atom. The van der Waals surface area contributed by atoms with E-state index in [1.807, 2.05) is 0 Å². The molecule has 0 radical (unpaired) electrons. The van der Waals surface area contributed by atoms with Crippen molar-refractivity contribution in [1.82, 2.24) is 4.98 Å². The minimum absolute atomic E-state index is 0.139. The molecule has 1 N–H and O–H groups in total. The van der Waals surface area contributed by atoms with E-state index in [2.05, 4.69) is 10.3 Å². The van der Waals surface area contributed by atoms with E-state index in [1.165, 1.54) is 35.2 Å². The topological polar surface area (TPSA) is 68.3 Å². The number of esters is 1. The molecule has 0 saturated carbocycles. The summed E-state index contributed by atoms with van der Waals surface area (Å²) in [5, 5.41) is 4.92. The molecule has 0 unspecified atom stereocenters. The van der Waals surface area contributed by atoms with Gasteiger partial charge >= 0.3 is 5.97 Å². The number of hydrogen-bond acceptors (Lipinski definition) is 6. The largest absolute Gasteiger partial charge is 0.465 e. The van der Waals surface area contributed by atoms with Crippen LogP contribution in [0.25, 0.3) is 11.3 Å². The second kappa shape index (κ2) is 8.64. The maximum absolute atomic E-state index is 12.9. The lowest BCUT2D eigenvalue weighted by Gasteiger charge is -2.02. The van der Waals surface area contributed by atoms with Gasteiger partial charge in [-0.2, -0.15) is 0 Å². The molecule has 0 aliphatic carbocycles. The lowest BCUT2D eigenvalue weighted by molar-refractivity contribution is -0.139. The van der Waals surface area contributed by atoms with Crippen molar-refractivity contribution in [2.75, 3.05) is 23.4 Å². The molecule has 0 atom stereocenters. The van der Waals surface area contributed by atoms with Crippen molar-refractivity contribution in [2.45, 2.75) is 6.92 Å². The molecule has 0 fully saturated rings. The number of hydrogen-bond donors (Lipinski definition) is 1. The fraction of sp³-hybridized carbons (Fsp3) is 0.267. The first-order chi connectivity index (χ1) is 11.1. The van der Waals surface area contributed by atoms with Gasteiger partial charge in [0.1, 0.15) is 5.82 Å². The molecule has 1 aromatic carbocycles. The summed E-state index contributed by atoms with van der Waals surface area (Å²) >= 11 is 2.47. The van der Waals surface area contributed by atoms with Crippen LogP contribution in [0.1, 0.15) is 6.92 Å². The number of rotatable bonds is 7. The Labute approximate surface area is 141 Å². The monoisotopic (exact) mass is 354 g/mol. The molecule has 1 aromatic heterocycles. The number of nitrogens with zero attached hydrogens (tertiary/aromatic N) is 1. The van der Waals surface area contributed by atoms with Gasteiger partial charge in [0.05, 0.1) is 23.8 Å². The van der Waals surface area contributed by atoms with Crippen molar-refractivity contribution in [3.63, 3.8) is 0 Å². The third-order valence-corrected chi connectivity index (χ3v) is 4.31. The summed E-state index contributed by atoms with van der Waals surface area (Å²) in [5.74, 6) is -0.599. The van der Waals surface area contributed by atoms with Crippen LogP contribution in [-0.2, 0) is 14.3 Å². The van der Waals surface area contributed by atoms with Crippen LogP contribution in [0.5, 0.6) is 0 Å². The zero-order chi connectivity index (χ0) is 16.7. The van der Waals surface area contributed by atoms with Crippen LogP contribution < -0.4 is 5.32 Å². The molecule has 2 aromatic rings. The second-order valence-corrected chi connectivity index (χ2v) is 6.23. The molecule has 1 amide bonds. The van der Waals surface area contributed by atoms with Crippen molar-refractivity contribution < 1.29 is 18.7 Å². The lowest BCUT2D eigenvalue weighted by atomic mass is 10.2. The number of carbonyl (C=O) groups is 2. The Kier molecular flexibility index (Phi) is 6.54. The molecule has 0 spiro atoms. The molecular formula is C15H15FN2O3S2. The zero-order valence-electron chi connectivity index (χ0n) is 12.4. The van der Waals surface area contributed by atoms with Gasteiger partial charge in [0.25, 0.3) is 0 Å². The Bertz CT molecular complexity index is 674. The van der Waals surface area contributed by atoms with Gasteiger partial charge in [-0.05, 0) is 31.2 Å². The predicted octanol–water partition coefficient (Wildman–Crippen LogP) is 3.18. The molecule has 0 bridgehead atoms. The Morgan fingerprint density at radius 3 is 2.74 bits per heavy atom. The summed E-state index contributed by atoms with van der Waals surface area (Å²) in [4.78, 5) is 27.2. The average Bonchev–Trinajstić information content (AvgIpc) is 2.96. The van der Waals surface area contributed by atoms with Crippen molar-refractivity contribution in [2.24, 2.45) is 0 Å². The van der Waals surface area contributed by atoms with Crippen LogP contribution in [0, 0.1) is 5.82 Å². The maximum atomic E-state index is 12.9. The Balaban J connectivity index is 1.83. The normalized spacial score (nSPS) is 10.3. The summed E-state index contributed by atoms with van der Waals surface area (Å²) < 4.78 is 17.7. The summed E-state index contributed by atoms with van der Waals surface area (Å²) in [5.41, 5.74) is 1.45. The SMILES string of the molecule is CCOC(=O)CSCC(=O)Nc1nc(-c2ccc(F)cc2)cs1. The number of anilines is 1. The van der Waals surface area contributed by atoms with Crippen LogP contribution in [0.4, 0.5) is 9.52 Å². The summed E-state index contributed by atoms with van der Waals surface area (Å²) in [6, 6.07) is 5.98. The quantitative estimate of drug-likeness (QED) is 0.774. The standard InChI is InChI=1S/C15H15FN2O3S2/c1-2-21-14(20)9-22-8-13(19)18-15-17-12(7-23-15)10-3-5-11(16)6-4-10/h3-7H,2,8-9H2,1H3,(H,17,18,19). The van der Waals surface area contributed by atoms with E-state index in [4.69, 9.17) is 4.74 Å². The number of benzene rings is 1. The van der Waals surface area contributed by atoms with Crippen molar-refractivity contribution in [3.8, 4) is 11.3 Å². The van der Waals surface area contributed by atoms with Gasteiger partial charge in [0.15, 0.2) is 5.13 Å². The van der Waals surface area contributed by atoms with Crippen LogP contribution >= 0.6 is 23.1 Å². The minimum atomic E-state index is -0.335. The first kappa shape index (κ1) is 17.4. The second-order valence-electron chi connectivity index (χ2n) is 4.39. The number of amides is 1. The van der Waals surface area contributed by atoms with E-state index in [-0.39, 0.29) is 29.2 Å². The van der Waals surface area contributed by atoms with Crippen LogP contribution in [-0.4, -0.2) is 35.0 Å². The highest BCUT2D eigenvalue weighted by molar-refractivity contribution is 8.00. The first-order valence-electron chi connectivity index (χ1n) is 6.83. The number of thioether (sulfide) groups is 1. The molecule has 5 nitrogen and oxygen atoms in total. The Hall–Kier alpha value is -1.93. The van der Waals surface area contributed by atoms with Gasteiger partial charge in [-0.15, -0.1) is 23.1 Å². The number of aromatic nitrogens is 1. The summed E-state index contributed by atoms with van der Waals surface area (Å²) in [6.45, 7) is 2.06. The fourth-order valence-electron chi connectivity index (χ4n) is 1.67. The number of halogens is 1. The van der Waals surface area contributed by atoms with Crippen molar-refractivity contribution in [3.05, 3.63) is 35.5 Å².